The van der Waals surface area contributed by atoms with Crippen molar-refractivity contribution in [2.45, 2.75) is 27.0 Å². The lowest BCUT2D eigenvalue weighted by molar-refractivity contribution is 0.303. The summed E-state index contributed by atoms with van der Waals surface area (Å²) in [6.07, 6.45) is 0. The Balaban J connectivity index is 1.23. The van der Waals surface area contributed by atoms with E-state index in [9.17, 15) is 0 Å². The van der Waals surface area contributed by atoms with Gasteiger partial charge in [0.1, 0.15) is 17.4 Å². The van der Waals surface area contributed by atoms with Crippen molar-refractivity contribution in [3.63, 3.8) is 0 Å². The van der Waals surface area contributed by atoms with Crippen LogP contribution in [0.2, 0.25) is 0 Å². The normalized spacial score (nSPS) is 11.2. The zero-order valence-electron chi connectivity index (χ0n) is 21.0. The number of anilines is 1. The predicted octanol–water partition coefficient (Wildman–Crippen LogP) is 8.92. The molecular formula is C33H28N2OS. The topological polar surface area (TPSA) is 34.2 Å². The number of fused-ring (bicyclic) bond motifs is 2. The van der Waals surface area contributed by atoms with Crippen LogP contribution in [0.15, 0.2) is 103 Å². The molecule has 6 rings (SSSR count). The van der Waals surface area contributed by atoms with Gasteiger partial charge in [-0.3, -0.25) is 0 Å². The van der Waals surface area contributed by atoms with Gasteiger partial charge in [-0.05, 0) is 83.8 Å². The van der Waals surface area contributed by atoms with Crippen molar-refractivity contribution in [2.24, 2.45) is 0 Å². The molecule has 1 N–H and O–H groups in total. The maximum atomic E-state index is 6.37. The van der Waals surface area contributed by atoms with E-state index in [0.717, 1.165) is 33.1 Å². The van der Waals surface area contributed by atoms with Crippen molar-refractivity contribution in [1.29, 1.82) is 0 Å². The standard InChI is InChI=1S/C33H28N2OS/c1-22-11-17-30-32(19-22)37-33(35-30)25-12-15-27(16-13-25)34-20-29-28-10-6-5-8-24(28)14-18-31(29)36-21-26-9-4-3-7-23(26)2/h3-19,34H,20-21H2,1-2H3. The van der Waals surface area contributed by atoms with Gasteiger partial charge in [0.25, 0.3) is 0 Å². The minimum Gasteiger partial charge on any atom is -0.489 e. The van der Waals surface area contributed by atoms with Crippen LogP contribution in [0.5, 0.6) is 5.75 Å². The van der Waals surface area contributed by atoms with Gasteiger partial charge < -0.3 is 10.1 Å². The van der Waals surface area contributed by atoms with Gasteiger partial charge in [-0.1, -0.05) is 60.7 Å². The van der Waals surface area contributed by atoms with Gasteiger partial charge in [-0.25, -0.2) is 4.98 Å². The number of rotatable bonds is 7. The summed E-state index contributed by atoms with van der Waals surface area (Å²) >= 11 is 1.74. The number of benzene rings is 5. The third-order valence-electron chi connectivity index (χ3n) is 6.79. The van der Waals surface area contributed by atoms with E-state index in [0.29, 0.717) is 13.2 Å². The Kier molecular flexibility index (Phi) is 6.33. The van der Waals surface area contributed by atoms with Gasteiger partial charge >= 0.3 is 0 Å². The highest BCUT2D eigenvalue weighted by Gasteiger charge is 2.11. The van der Waals surface area contributed by atoms with Crippen LogP contribution >= 0.6 is 11.3 Å². The molecular weight excluding hydrogens is 472 g/mol. The smallest absolute Gasteiger partial charge is 0.125 e. The minimum absolute atomic E-state index is 0.550. The van der Waals surface area contributed by atoms with Crippen LogP contribution in [0, 0.1) is 13.8 Å². The molecule has 182 valence electrons. The monoisotopic (exact) mass is 500 g/mol. The molecule has 0 aliphatic heterocycles. The first kappa shape index (κ1) is 23.3. The summed E-state index contributed by atoms with van der Waals surface area (Å²) in [6, 6.07) is 36.1. The Morgan fingerprint density at radius 2 is 1.62 bits per heavy atom. The largest absolute Gasteiger partial charge is 0.489 e. The number of ether oxygens (including phenoxy) is 1. The molecule has 0 saturated carbocycles. The fraction of sp³-hybridized carbons (Fsp3) is 0.121. The zero-order chi connectivity index (χ0) is 25.2. The molecule has 0 atom stereocenters. The highest BCUT2D eigenvalue weighted by atomic mass is 32.1. The maximum absolute atomic E-state index is 6.37. The summed E-state index contributed by atoms with van der Waals surface area (Å²) in [4.78, 5) is 4.83. The van der Waals surface area contributed by atoms with Crippen LogP contribution in [-0.4, -0.2) is 4.98 Å². The summed E-state index contributed by atoms with van der Waals surface area (Å²) in [5.74, 6) is 0.913. The van der Waals surface area contributed by atoms with Crippen LogP contribution in [0.4, 0.5) is 5.69 Å². The van der Waals surface area contributed by atoms with E-state index in [1.54, 1.807) is 11.3 Å². The van der Waals surface area contributed by atoms with Crippen LogP contribution in [-0.2, 0) is 13.2 Å². The van der Waals surface area contributed by atoms with Crippen LogP contribution in [0.1, 0.15) is 22.3 Å². The first-order chi connectivity index (χ1) is 18.1. The lowest BCUT2D eigenvalue weighted by Crippen LogP contribution is -2.05. The molecule has 0 unspecified atom stereocenters. The van der Waals surface area contributed by atoms with Crippen LogP contribution in [0.25, 0.3) is 31.6 Å². The molecule has 0 aliphatic rings. The molecule has 1 heterocycles. The fourth-order valence-electron chi connectivity index (χ4n) is 4.64. The number of hydrogen-bond donors (Lipinski definition) is 1. The second-order valence-corrected chi connectivity index (χ2v) is 10.4. The lowest BCUT2D eigenvalue weighted by atomic mass is 10.0. The Morgan fingerprint density at radius 1 is 0.811 bits per heavy atom. The quantitative estimate of drug-likeness (QED) is 0.238. The van der Waals surface area contributed by atoms with E-state index < -0.39 is 0 Å². The molecule has 0 aliphatic carbocycles. The van der Waals surface area contributed by atoms with Crippen molar-refractivity contribution in [3.8, 4) is 16.3 Å². The molecule has 0 amide bonds. The molecule has 0 radical (unpaired) electrons. The molecule has 0 spiro atoms. The molecule has 1 aromatic heterocycles. The summed E-state index contributed by atoms with van der Waals surface area (Å²) in [7, 11) is 0. The Bertz CT molecular complexity index is 1700. The highest BCUT2D eigenvalue weighted by molar-refractivity contribution is 7.21. The molecule has 37 heavy (non-hydrogen) atoms. The number of thiazole rings is 1. The zero-order valence-corrected chi connectivity index (χ0v) is 21.8. The molecule has 3 nitrogen and oxygen atoms in total. The van der Waals surface area contributed by atoms with Gasteiger partial charge in [0.15, 0.2) is 0 Å². The predicted molar refractivity (Wildman–Crippen MR) is 157 cm³/mol. The van der Waals surface area contributed by atoms with Crippen molar-refractivity contribution in [2.75, 3.05) is 5.32 Å². The van der Waals surface area contributed by atoms with Gasteiger partial charge in [-0.15, -0.1) is 11.3 Å². The van der Waals surface area contributed by atoms with Crippen molar-refractivity contribution >= 4 is 38.0 Å². The van der Waals surface area contributed by atoms with E-state index in [-0.39, 0.29) is 0 Å². The number of nitrogens with zero attached hydrogens (tertiary/aromatic N) is 1. The van der Waals surface area contributed by atoms with Crippen molar-refractivity contribution < 1.29 is 4.74 Å². The summed E-state index contributed by atoms with van der Waals surface area (Å²) in [6.45, 7) is 5.47. The summed E-state index contributed by atoms with van der Waals surface area (Å²) in [5, 5.41) is 7.09. The number of nitrogens with one attached hydrogen (secondary N) is 1. The van der Waals surface area contributed by atoms with E-state index >= 15 is 0 Å². The van der Waals surface area contributed by atoms with Crippen LogP contribution in [0.3, 0.4) is 0 Å². The fourth-order valence-corrected chi connectivity index (χ4v) is 5.71. The first-order valence-electron chi connectivity index (χ1n) is 12.5. The molecule has 6 aromatic rings. The molecule has 0 saturated heterocycles. The summed E-state index contributed by atoms with van der Waals surface area (Å²) < 4.78 is 7.60. The Hall–Kier alpha value is -4.15. The summed E-state index contributed by atoms with van der Waals surface area (Å²) in [5.41, 5.74) is 8.13. The Labute approximate surface area is 221 Å². The second kappa shape index (κ2) is 10.1. The third-order valence-corrected chi connectivity index (χ3v) is 7.85. The maximum Gasteiger partial charge on any atom is 0.125 e. The van der Waals surface area contributed by atoms with Crippen LogP contribution < -0.4 is 10.1 Å². The van der Waals surface area contributed by atoms with Gasteiger partial charge in [0.2, 0.25) is 0 Å². The average molecular weight is 501 g/mol. The molecule has 0 bridgehead atoms. The van der Waals surface area contributed by atoms with E-state index in [2.05, 4.69) is 122 Å². The highest BCUT2D eigenvalue weighted by Crippen LogP contribution is 2.33. The number of aryl methyl sites for hydroxylation is 2. The van der Waals surface area contributed by atoms with Gasteiger partial charge in [0.05, 0.1) is 10.2 Å². The third kappa shape index (κ3) is 4.93. The first-order valence-corrected chi connectivity index (χ1v) is 13.4. The SMILES string of the molecule is Cc1ccc2nc(-c3ccc(NCc4c(OCc5ccccc5C)ccc5ccccc45)cc3)sc2c1. The van der Waals surface area contributed by atoms with E-state index in [1.807, 2.05) is 0 Å². The lowest BCUT2D eigenvalue weighted by Gasteiger charge is -2.16. The average Bonchev–Trinajstić information content (AvgIpc) is 3.35. The van der Waals surface area contributed by atoms with Gasteiger partial charge in [-0.2, -0.15) is 0 Å². The number of hydrogen-bond acceptors (Lipinski definition) is 4. The van der Waals surface area contributed by atoms with E-state index in [4.69, 9.17) is 9.72 Å². The molecule has 5 aromatic carbocycles. The molecule has 0 fully saturated rings. The van der Waals surface area contributed by atoms with Gasteiger partial charge in [0, 0.05) is 23.4 Å². The van der Waals surface area contributed by atoms with Crippen molar-refractivity contribution in [3.05, 3.63) is 125 Å². The van der Waals surface area contributed by atoms with Crippen molar-refractivity contribution in [1.82, 2.24) is 4.98 Å². The minimum atomic E-state index is 0.550. The van der Waals surface area contributed by atoms with E-state index in [1.165, 1.54) is 32.2 Å². The number of aromatic nitrogens is 1. The Morgan fingerprint density at radius 3 is 2.49 bits per heavy atom. The second-order valence-electron chi connectivity index (χ2n) is 9.40. The molecule has 4 heteroatoms.